The molecule has 8 heteroatoms. The maximum atomic E-state index is 13.8. The molecule has 0 radical (unpaired) electrons. The first-order valence-corrected chi connectivity index (χ1v) is 10.2. The standard InChI is InChI=1S/C23H25FN2O5/c1-2-30-23(29)31-19-10-8-17(9-11-19)22(28)26-13-5-12-25(14-15-26)21(27)16-18-6-3-4-7-20(18)24/h3-4,6-11H,2,5,12-16H2,1H3. The number of rotatable bonds is 5. The fourth-order valence-corrected chi connectivity index (χ4v) is 3.38. The number of hydrogen-bond acceptors (Lipinski definition) is 5. The lowest BCUT2D eigenvalue weighted by Gasteiger charge is -2.22. The van der Waals surface area contributed by atoms with Gasteiger partial charge >= 0.3 is 6.16 Å². The largest absolute Gasteiger partial charge is 0.513 e. The second-order valence-corrected chi connectivity index (χ2v) is 7.10. The Balaban J connectivity index is 1.56. The van der Waals surface area contributed by atoms with Gasteiger partial charge in [-0.1, -0.05) is 18.2 Å². The first-order chi connectivity index (χ1) is 15.0. The number of carbonyl (C=O) groups is 3. The number of hydrogen-bond donors (Lipinski definition) is 0. The smallest absolute Gasteiger partial charge is 0.434 e. The zero-order chi connectivity index (χ0) is 22.2. The second-order valence-electron chi connectivity index (χ2n) is 7.10. The van der Waals surface area contributed by atoms with Gasteiger partial charge in [0.2, 0.25) is 5.91 Å². The molecular weight excluding hydrogens is 403 g/mol. The molecule has 0 aliphatic carbocycles. The minimum Gasteiger partial charge on any atom is -0.434 e. The van der Waals surface area contributed by atoms with Gasteiger partial charge in [-0.15, -0.1) is 0 Å². The third-order valence-corrected chi connectivity index (χ3v) is 5.00. The Bertz CT molecular complexity index is 932. The summed E-state index contributed by atoms with van der Waals surface area (Å²) in [6.45, 7) is 3.71. The van der Waals surface area contributed by atoms with Gasteiger partial charge in [0.15, 0.2) is 0 Å². The van der Waals surface area contributed by atoms with E-state index in [4.69, 9.17) is 9.47 Å². The van der Waals surface area contributed by atoms with Crippen LogP contribution >= 0.6 is 0 Å². The van der Waals surface area contributed by atoms with E-state index in [1.165, 1.54) is 18.2 Å². The Morgan fingerprint density at radius 2 is 1.61 bits per heavy atom. The molecule has 1 aliphatic rings. The molecule has 2 aromatic carbocycles. The van der Waals surface area contributed by atoms with Crippen LogP contribution in [0.25, 0.3) is 0 Å². The van der Waals surface area contributed by atoms with Crippen molar-refractivity contribution in [2.75, 3.05) is 32.8 Å². The van der Waals surface area contributed by atoms with Crippen LogP contribution in [-0.4, -0.2) is 60.6 Å². The van der Waals surface area contributed by atoms with E-state index >= 15 is 0 Å². The highest BCUT2D eigenvalue weighted by Gasteiger charge is 2.23. The van der Waals surface area contributed by atoms with Crippen LogP contribution in [0, 0.1) is 5.82 Å². The molecule has 3 rings (SSSR count). The molecule has 0 unspecified atom stereocenters. The van der Waals surface area contributed by atoms with Crippen LogP contribution in [0.2, 0.25) is 0 Å². The van der Waals surface area contributed by atoms with Crippen molar-refractivity contribution in [3.05, 3.63) is 65.5 Å². The third-order valence-electron chi connectivity index (χ3n) is 5.00. The topological polar surface area (TPSA) is 76.2 Å². The van der Waals surface area contributed by atoms with Crippen molar-refractivity contribution in [2.24, 2.45) is 0 Å². The molecule has 2 aromatic rings. The summed E-state index contributed by atoms with van der Waals surface area (Å²) in [6, 6.07) is 12.5. The van der Waals surface area contributed by atoms with Gasteiger partial charge in [0, 0.05) is 31.7 Å². The molecule has 0 spiro atoms. The van der Waals surface area contributed by atoms with Crippen LogP contribution in [0.5, 0.6) is 5.75 Å². The van der Waals surface area contributed by atoms with Crippen LogP contribution in [-0.2, 0) is 16.0 Å². The van der Waals surface area contributed by atoms with E-state index < -0.39 is 12.0 Å². The SMILES string of the molecule is CCOC(=O)Oc1ccc(C(=O)N2CCCN(C(=O)Cc3ccccc3F)CC2)cc1. The first kappa shape index (κ1) is 22.3. The van der Waals surface area contributed by atoms with E-state index in [0.717, 1.165) is 0 Å². The van der Waals surface area contributed by atoms with Crippen LogP contribution in [0.3, 0.4) is 0 Å². The van der Waals surface area contributed by atoms with Crippen LogP contribution in [0.1, 0.15) is 29.3 Å². The molecule has 31 heavy (non-hydrogen) atoms. The molecular formula is C23H25FN2O5. The molecule has 7 nitrogen and oxygen atoms in total. The molecule has 1 heterocycles. The van der Waals surface area contributed by atoms with Gasteiger partial charge in [0.1, 0.15) is 11.6 Å². The first-order valence-electron chi connectivity index (χ1n) is 10.2. The summed E-state index contributed by atoms with van der Waals surface area (Å²) in [5, 5.41) is 0. The summed E-state index contributed by atoms with van der Waals surface area (Å²) in [5.74, 6) is -0.417. The molecule has 1 fully saturated rings. The summed E-state index contributed by atoms with van der Waals surface area (Å²) in [6.07, 6.45) is -0.157. The number of halogens is 1. The van der Waals surface area contributed by atoms with Crippen molar-refractivity contribution in [1.29, 1.82) is 0 Å². The second kappa shape index (κ2) is 10.6. The molecule has 0 N–H and O–H groups in total. The lowest BCUT2D eigenvalue weighted by Crippen LogP contribution is -2.38. The lowest BCUT2D eigenvalue weighted by molar-refractivity contribution is -0.130. The zero-order valence-corrected chi connectivity index (χ0v) is 17.4. The van der Waals surface area contributed by atoms with E-state index in [-0.39, 0.29) is 30.6 Å². The maximum absolute atomic E-state index is 13.8. The summed E-state index contributed by atoms with van der Waals surface area (Å²) in [5.41, 5.74) is 0.831. The fraction of sp³-hybridized carbons (Fsp3) is 0.348. The van der Waals surface area contributed by atoms with E-state index in [0.29, 0.717) is 43.7 Å². The van der Waals surface area contributed by atoms with Gasteiger partial charge < -0.3 is 19.3 Å². The molecule has 1 aliphatic heterocycles. The molecule has 0 saturated carbocycles. The quantitative estimate of drug-likeness (QED) is 0.540. The van der Waals surface area contributed by atoms with Gasteiger partial charge in [-0.25, -0.2) is 9.18 Å². The minimum atomic E-state index is -0.797. The average Bonchev–Trinajstić information content (AvgIpc) is 3.02. The van der Waals surface area contributed by atoms with Gasteiger partial charge in [-0.2, -0.15) is 0 Å². The van der Waals surface area contributed by atoms with Gasteiger partial charge in [0.25, 0.3) is 5.91 Å². The van der Waals surface area contributed by atoms with Crippen LogP contribution in [0.15, 0.2) is 48.5 Å². The van der Waals surface area contributed by atoms with E-state index in [1.807, 2.05) is 0 Å². The highest BCUT2D eigenvalue weighted by molar-refractivity contribution is 5.94. The van der Waals surface area contributed by atoms with Crippen molar-refractivity contribution in [1.82, 2.24) is 9.80 Å². The van der Waals surface area contributed by atoms with Crippen LogP contribution < -0.4 is 4.74 Å². The van der Waals surface area contributed by atoms with Crippen molar-refractivity contribution in [3.63, 3.8) is 0 Å². The highest BCUT2D eigenvalue weighted by Crippen LogP contribution is 2.16. The molecule has 0 bridgehead atoms. The lowest BCUT2D eigenvalue weighted by atomic mass is 10.1. The van der Waals surface area contributed by atoms with Gasteiger partial charge in [0.05, 0.1) is 13.0 Å². The Kier molecular flexibility index (Phi) is 7.59. The molecule has 164 valence electrons. The molecule has 0 aromatic heterocycles. The molecule has 1 saturated heterocycles. The van der Waals surface area contributed by atoms with Crippen molar-refractivity contribution in [2.45, 2.75) is 19.8 Å². The van der Waals surface area contributed by atoms with E-state index in [1.54, 1.807) is 47.1 Å². The van der Waals surface area contributed by atoms with Gasteiger partial charge in [-0.05, 0) is 49.2 Å². The highest BCUT2D eigenvalue weighted by atomic mass is 19.1. The van der Waals surface area contributed by atoms with E-state index in [2.05, 4.69) is 0 Å². The number of amides is 2. The summed E-state index contributed by atoms with van der Waals surface area (Å²) >= 11 is 0. The number of carbonyl (C=O) groups excluding carboxylic acids is 3. The Morgan fingerprint density at radius 3 is 2.32 bits per heavy atom. The summed E-state index contributed by atoms with van der Waals surface area (Å²) in [7, 11) is 0. The summed E-state index contributed by atoms with van der Waals surface area (Å²) < 4.78 is 23.5. The average molecular weight is 428 g/mol. The van der Waals surface area contributed by atoms with Gasteiger partial charge in [-0.3, -0.25) is 9.59 Å². The molecule has 0 atom stereocenters. The fourth-order valence-electron chi connectivity index (χ4n) is 3.38. The number of nitrogens with zero attached hydrogens (tertiary/aromatic N) is 2. The normalized spacial score (nSPS) is 14.0. The molecule has 2 amide bonds. The van der Waals surface area contributed by atoms with Crippen molar-refractivity contribution in [3.8, 4) is 5.75 Å². The number of benzene rings is 2. The Morgan fingerprint density at radius 1 is 0.935 bits per heavy atom. The van der Waals surface area contributed by atoms with E-state index in [9.17, 15) is 18.8 Å². The third kappa shape index (κ3) is 6.04. The van der Waals surface area contributed by atoms with Crippen LogP contribution in [0.4, 0.5) is 9.18 Å². The van der Waals surface area contributed by atoms with Crippen molar-refractivity contribution >= 4 is 18.0 Å². The number of ether oxygens (including phenoxy) is 2. The summed E-state index contributed by atoms with van der Waals surface area (Å²) in [4.78, 5) is 40.2. The van der Waals surface area contributed by atoms with Crippen molar-refractivity contribution < 1.29 is 28.2 Å². The Hall–Kier alpha value is -3.42. The predicted molar refractivity (Wildman–Crippen MR) is 111 cm³/mol. The minimum absolute atomic E-state index is 0.00253. The zero-order valence-electron chi connectivity index (χ0n) is 17.4. The maximum Gasteiger partial charge on any atom is 0.513 e. The Labute approximate surface area is 180 Å². The monoisotopic (exact) mass is 428 g/mol. The predicted octanol–water partition coefficient (Wildman–Crippen LogP) is 3.28.